The predicted molar refractivity (Wildman–Crippen MR) is 94.9 cm³/mol. The highest BCUT2D eigenvalue weighted by Gasteiger charge is 2.29. The SMILES string of the molecule is CC(C)c1cc([C@@H]2CCCN2CCC(=O)NCc2cccs2)no1. The number of hydrogen-bond acceptors (Lipinski definition) is 5. The van der Waals surface area contributed by atoms with E-state index in [0.29, 0.717) is 18.9 Å². The van der Waals surface area contributed by atoms with Crippen LogP contribution in [0.5, 0.6) is 0 Å². The van der Waals surface area contributed by atoms with Crippen LogP contribution in [0.4, 0.5) is 0 Å². The third kappa shape index (κ3) is 4.24. The van der Waals surface area contributed by atoms with Crippen molar-refractivity contribution < 1.29 is 9.32 Å². The van der Waals surface area contributed by atoms with Crippen LogP contribution in [0.3, 0.4) is 0 Å². The van der Waals surface area contributed by atoms with E-state index >= 15 is 0 Å². The minimum Gasteiger partial charge on any atom is -0.361 e. The first kappa shape index (κ1) is 17.2. The first-order valence-electron chi connectivity index (χ1n) is 8.63. The average Bonchev–Trinajstić information content (AvgIpc) is 3.31. The maximum atomic E-state index is 12.1. The van der Waals surface area contributed by atoms with Gasteiger partial charge in [0, 0.05) is 29.8 Å². The molecule has 0 aliphatic carbocycles. The van der Waals surface area contributed by atoms with Crippen molar-refractivity contribution in [1.29, 1.82) is 0 Å². The van der Waals surface area contributed by atoms with E-state index in [2.05, 4.69) is 35.3 Å². The summed E-state index contributed by atoms with van der Waals surface area (Å²) in [5.41, 5.74) is 1.01. The van der Waals surface area contributed by atoms with Crippen LogP contribution in [0.1, 0.15) is 61.4 Å². The maximum Gasteiger partial charge on any atom is 0.221 e. The van der Waals surface area contributed by atoms with Gasteiger partial charge in [-0.15, -0.1) is 11.3 Å². The molecule has 0 saturated carbocycles. The van der Waals surface area contributed by atoms with Crippen molar-refractivity contribution in [3.63, 3.8) is 0 Å². The van der Waals surface area contributed by atoms with Crippen molar-refractivity contribution in [2.45, 2.75) is 51.6 Å². The van der Waals surface area contributed by atoms with Gasteiger partial charge >= 0.3 is 0 Å². The number of rotatable bonds is 7. The minimum absolute atomic E-state index is 0.108. The molecular weight excluding hydrogens is 322 g/mol. The topological polar surface area (TPSA) is 58.4 Å². The lowest BCUT2D eigenvalue weighted by molar-refractivity contribution is -0.121. The van der Waals surface area contributed by atoms with Crippen LogP contribution in [0.15, 0.2) is 28.1 Å². The summed E-state index contributed by atoms with van der Waals surface area (Å²) in [5.74, 6) is 1.40. The number of nitrogens with zero attached hydrogens (tertiary/aromatic N) is 2. The van der Waals surface area contributed by atoms with Crippen LogP contribution in [0, 0.1) is 0 Å². The molecule has 1 fully saturated rings. The predicted octanol–water partition coefficient (Wildman–Crippen LogP) is 3.70. The Bertz CT molecular complexity index is 651. The lowest BCUT2D eigenvalue weighted by atomic mass is 10.1. The largest absolute Gasteiger partial charge is 0.361 e. The molecule has 1 saturated heterocycles. The van der Waals surface area contributed by atoms with E-state index in [1.165, 1.54) is 4.88 Å². The molecule has 3 rings (SSSR count). The van der Waals surface area contributed by atoms with Crippen molar-refractivity contribution in [3.05, 3.63) is 39.9 Å². The zero-order valence-electron chi connectivity index (χ0n) is 14.3. The first-order chi connectivity index (χ1) is 11.6. The number of amides is 1. The van der Waals surface area contributed by atoms with Gasteiger partial charge in [0.05, 0.1) is 12.6 Å². The Morgan fingerprint density at radius 3 is 3.12 bits per heavy atom. The molecule has 6 heteroatoms. The summed E-state index contributed by atoms with van der Waals surface area (Å²) >= 11 is 1.67. The molecule has 5 nitrogen and oxygen atoms in total. The highest BCUT2D eigenvalue weighted by molar-refractivity contribution is 7.09. The van der Waals surface area contributed by atoms with E-state index < -0.39 is 0 Å². The van der Waals surface area contributed by atoms with Crippen LogP contribution >= 0.6 is 11.3 Å². The van der Waals surface area contributed by atoms with E-state index in [-0.39, 0.29) is 11.9 Å². The fraction of sp³-hybridized carbons (Fsp3) is 0.556. The lowest BCUT2D eigenvalue weighted by Crippen LogP contribution is -2.30. The molecule has 2 aromatic rings. The molecule has 0 aromatic carbocycles. The highest BCUT2D eigenvalue weighted by Crippen LogP contribution is 2.32. The van der Waals surface area contributed by atoms with Crippen LogP contribution in [-0.2, 0) is 11.3 Å². The molecule has 1 N–H and O–H groups in total. The van der Waals surface area contributed by atoms with Crippen LogP contribution < -0.4 is 5.32 Å². The van der Waals surface area contributed by atoms with E-state index in [1.54, 1.807) is 11.3 Å². The van der Waals surface area contributed by atoms with Crippen molar-refractivity contribution in [2.24, 2.45) is 0 Å². The second kappa shape index (κ2) is 7.94. The van der Waals surface area contributed by atoms with Crippen molar-refractivity contribution in [3.8, 4) is 0 Å². The minimum atomic E-state index is 0.108. The standard InChI is InChI=1S/C18H25N3O2S/c1-13(2)17-11-15(20-23-17)16-6-3-8-21(16)9-7-18(22)19-12-14-5-4-10-24-14/h4-5,10-11,13,16H,3,6-9,12H2,1-2H3,(H,19,22)/t16-/m0/s1. The fourth-order valence-electron chi connectivity index (χ4n) is 3.09. The summed E-state index contributed by atoms with van der Waals surface area (Å²) in [4.78, 5) is 15.6. The van der Waals surface area contributed by atoms with Gasteiger partial charge < -0.3 is 9.84 Å². The number of carbonyl (C=O) groups is 1. The van der Waals surface area contributed by atoms with Gasteiger partial charge in [0.2, 0.25) is 5.91 Å². The molecule has 2 aromatic heterocycles. The molecule has 1 atom stereocenters. The Kier molecular flexibility index (Phi) is 5.68. The summed E-state index contributed by atoms with van der Waals surface area (Å²) in [6, 6.07) is 6.40. The monoisotopic (exact) mass is 347 g/mol. The zero-order valence-corrected chi connectivity index (χ0v) is 15.1. The molecule has 0 unspecified atom stereocenters. The van der Waals surface area contributed by atoms with Gasteiger partial charge in [0.25, 0.3) is 0 Å². The first-order valence-corrected chi connectivity index (χ1v) is 9.51. The van der Waals surface area contributed by atoms with Gasteiger partial charge in [-0.3, -0.25) is 9.69 Å². The van der Waals surface area contributed by atoms with Crippen LogP contribution in [0.2, 0.25) is 0 Å². The normalized spacial score (nSPS) is 18.4. The quantitative estimate of drug-likeness (QED) is 0.829. The Hall–Kier alpha value is -1.66. The number of aromatic nitrogens is 1. The number of nitrogens with one attached hydrogen (secondary N) is 1. The molecule has 3 heterocycles. The molecule has 24 heavy (non-hydrogen) atoms. The molecule has 130 valence electrons. The highest BCUT2D eigenvalue weighted by atomic mass is 32.1. The number of hydrogen-bond donors (Lipinski definition) is 1. The van der Waals surface area contributed by atoms with Gasteiger partial charge in [-0.1, -0.05) is 25.1 Å². The lowest BCUT2D eigenvalue weighted by Gasteiger charge is -2.22. The van der Waals surface area contributed by atoms with E-state index in [0.717, 1.165) is 37.4 Å². The van der Waals surface area contributed by atoms with Crippen molar-refractivity contribution in [2.75, 3.05) is 13.1 Å². The third-order valence-corrected chi connectivity index (χ3v) is 5.36. The van der Waals surface area contributed by atoms with Crippen LogP contribution in [0.25, 0.3) is 0 Å². The van der Waals surface area contributed by atoms with Gasteiger partial charge in [0.15, 0.2) is 0 Å². The summed E-state index contributed by atoms with van der Waals surface area (Å²) < 4.78 is 5.44. The molecule has 0 radical (unpaired) electrons. The van der Waals surface area contributed by atoms with Gasteiger partial charge in [-0.05, 0) is 30.8 Å². The van der Waals surface area contributed by atoms with Crippen LogP contribution in [-0.4, -0.2) is 29.1 Å². The Labute approximate surface area is 147 Å². The van der Waals surface area contributed by atoms with E-state index in [9.17, 15) is 4.79 Å². The molecule has 0 spiro atoms. The van der Waals surface area contributed by atoms with E-state index in [4.69, 9.17) is 4.52 Å². The Morgan fingerprint density at radius 1 is 1.54 bits per heavy atom. The van der Waals surface area contributed by atoms with Gasteiger partial charge in [0.1, 0.15) is 11.5 Å². The van der Waals surface area contributed by atoms with Gasteiger partial charge in [-0.25, -0.2) is 0 Å². The van der Waals surface area contributed by atoms with Crippen molar-refractivity contribution in [1.82, 2.24) is 15.4 Å². The number of thiophene rings is 1. The second-order valence-corrected chi connectivity index (χ2v) is 7.64. The number of likely N-dealkylation sites (tertiary alicyclic amines) is 1. The number of carbonyl (C=O) groups excluding carboxylic acids is 1. The summed E-state index contributed by atoms with van der Waals surface area (Å²) in [6.07, 6.45) is 2.75. The average molecular weight is 347 g/mol. The molecular formula is C18H25N3O2S. The summed E-state index contributed by atoms with van der Waals surface area (Å²) in [7, 11) is 0. The van der Waals surface area contributed by atoms with E-state index in [1.807, 2.05) is 17.5 Å². The fourth-order valence-corrected chi connectivity index (χ4v) is 3.74. The molecule has 1 aliphatic heterocycles. The maximum absolute atomic E-state index is 12.1. The summed E-state index contributed by atoms with van der Waals surface area (Å²) in [5, 5.41) is 9.27. The Morgan fingerprint density at radius 2 is 2.42 bits per heavy atom. The van der Waals surface area contributed by atoms with Gasteiger partial charge in [-0.2, -0.15) is 0 Å². The Balaban J connectivity index is 1.49. The molecule has 0 bridgehead atoms. The summed E-state index contributed by atoms with van der Waals surface area (Å²) in [6.45, 7) is 6.63. The smallest absolute Gasteiger partial charge is 0.221 e. The van der Waals surface area contributed by atoms with Crippen molar-refractivity contribution >= 4 is 17.2 Å². The second-order valence-electron chi connectivity index (χ2n) is 6.61. The molecule has 1 aliphatic rings. The zero-order chi connectivity index (χ0) is 16.9. The molecule has 1 amide bonds. The third-order valence-electron chi connectivity index (χ3n) is 4.49.